The van der Waals surface area contributed by atoms with Gasteiger partial charge < -0.3 is 4.74 Å². The number of hydrogen-bond donors (Lipinski definition) is 0. The minimum atomic E-state index is 0.0768. The molecule has 3 atom stereocenters. The summed E-state index contributed by atoms with van der Waals surface area (Å²) < 4.78 is 6.01. The zero-order valence-electron chi connectivity index (χ0n) is 8.97. The van der Waals surface area contributed by atoms with Gasteiger partial charge in [0, 0.05) is 5.92 Å². The quantitative estimate of drug-likeness (QED) is 0.520. The molecule has 2 aliphatic rings. The van der Waals surface area contributed by atoms with Gasteiger partial charge in [0.15, 0.2) is 0 Å². The fourth-order valence-electron chi connectivity index (χ4n) is 3.26. The van der Waals surface area contributed by atoms with E-state index in [1.54, 1.807) is 0 Å². The summed E-state index contributed by atoms with van der Waals surface area (Å²) in [6.07, 6.45) is 4.22. The van der Waals surface area contributed by atoms with Gasteiger partial charge in [-0.05, 0) is 46.0 Å². The van der Waals surface area contributed by atoms with Crippen LogP contribution in [0, 0.1) is 11.8 Å². The summed E-state index contributed by atoms with van der Waals surface area (Å²) in [5, 5.41) is 0. The molecule has 0 radical (unpaired) electrons. The van der Waals surface area contributed by atoms with Gasteiger partial charge in [-0.25, -0.2) is 0 Å². The summed E-state index contributed by atoms with van der Waals surface area (Å²) in [5.41, 5.74) is 1.50. The van der Waals surface area contributed by atoms with Crippen LogP contribution in [0.1, 0.15) is 40.0 Å². The Balaban J connectivity index is 2.26. The van der Waals surface area contributed by atoms with Crippen molar-refractivity contribution in [3.63, 3.8) is 0 Å². The highest BCUT2D eigenvalue weighted by Crippen LogP contribution is 2.49. The van der Waals surface area contributed by atoms with E-state index in [-0.39, 0.29) is 5.60 Å². The fraction of sp³-hybridized carbons (Fsp3) is 0.833. The Labute approximate surface area is 81.2 Å². The first-order valence-corrected chi connectivity index (χ1v) is 5.38. The maximum Gasteiger partial charge on any atom is 0.0665 e. The van der Waals surface area contributed by atoms with Crippen molar-refractivity contribution in [1.29, 1.82) is 0 Å². The number of ether oxygens (including phenoxy) is 1. The van der Waals surface area contributed by atoms with E-state index in [0.717, 1.165) is 0 Å². The van der Waals surface area contributed by atoms with Crippen molar-refractivity contribution >= 4 is 0 Å². The van der Waals surface area contributed by atoms with Gasteiger partial charge in [0.1, 0.15) is 0 Å². The summed E-state index contributed by atoms with van der Waals surface area (Å²) in [7, 11) is 0. The third kappa shape index (κ3) is 1.34. The smallest absolute Gasteiger partial charge is 0.0665 e. The first kappa shape index (κ1) is 9.26. The van der Waals surface area contributed by atoms with Gasteiger partial charge in [-0.1, -0.05) is 12.2 Å². The number of fused-ring (bicyclic) bond motifs is 1. The van der Waals surface area contributed by atoms with Crippen molar-refractivity contribution in [3.05, 3.63) is 12.2 Å². The van der Waals surface area contributed by atoms with Crippen molar-refractivity contribution in [2.75, 3.05) is 0 Å². The zero-order valence-corrected chi connectivity index (χ0v) is 8.97. The van der Waals surface area contributed by atoms with Crippen LogP contribution < -0.4 is 0 Å². The molecule has 1 aliphatic carbocycles. The van der Waals surface area contributed by atoms with E-state index < -0.39 is 0 Å². The third-order valence-corrected chi connectivity index (χ3v) is 3.81. The van der Waals surface area contributed by atoms with Gasteiger partial charge in [-0.3, -0.25) is 0 Å². The molecular weight excluding hydrogens is 160 g/mol. The second kappa shape index (κ2) is 2.84. The van der Waals surface area contributed by atoms with Crippen molar-refractivity contribution in [3.8, 4) is 0 Å². The molecule has 1 saturated heterocycles. The van der Waals surface area contributed by atoms with E-state index in [9.17, 15) is 0 Å². The second-order valence-electron chi connectivity index (χ2n) is 5.11. The maximum absolute atomic E-state index is 6.01. The Hall–Kier alpha value is -0.300. The van der Waals surface area contributed by atoms with E-state index >= 15 is 0 Å². The highest BCUT2D eigenvalue weighted by molar-refractivity contribution is 5.14. The molecule has 0 aromatic rings. The van der Waals surface area contributed by atoms with Crippen LogP contribution in [-0.2, 0) is 4.74 Å². The lowest BCUT2D eigenvalue weighted by molar-refractivity contribution is -0.0260. The first-order valence-electron chi connectivity index (χ1n) is 5.38. The minimum Gasteiger partial charge on any atom is -0.372 e. The molecule has 1 saturated carbocycles. The van der Waals surface area contributed by atoms with Gasteiger partial charge in [-0.15, -0.1) is 0 Å². The monoisotopic (exact) mass is 180 g/mol. The lowest BCUT2D eigenvalue weighted by atomic mass is 9.70. The predicted octanol–water partition coefficient (Wildman–Crippen LogP) is 3.16. The summed E-state index contributed by atoms with van der Waals surface area (Å²) in [4.78, 5) is 0. The summed E-state index contributed by atoms with van der Waals surface area (Å²) in [5.74, 6) is 1.34. The van der Waals surface area contributed by atoms with E-state index in [4.69, 9.17) is 4.74 Å². The molecule has 1 heterocycles. The van der Waals surface area contributed by atoms with Gasteiger partial charge in [0.2, 0.25) is 0 Å². The molecule has 1 nitrogen and oxygen atoms in total. The van der Waals surface area contributed by atoms with E-state index in [1.165, 1.54) is 24.8 Å². The Kier molecular flexibility index (Phi) is 2.03. The molecule has 0 amide bonds. The van der Waals surface area contributed by atoms with Gasteiger partial charge >= 0.3 is 0 Å². The molecule has 0 bridgehead atoms. The van der Waals surface area contributed by atoms with Crippen LogP contribution in [-0.4, -0.2) is 11.7 Å². The van der Waals surface area contributed by atoms with Crippen molar-refractivity contribution in [2.45, 2.75) is 51.7 Å². The molecular formula is C12H20O. The Morgan fingerprint density at radius 1 is 1.46 bits per heavy atom. The number of hydrogen-bond acceptors (Lipinski definition) is 1. The fourth-order valence-corrected chi connectivity index (χ4v) is 3.26. The SMILES string of the molecule is C=C1CCCC2C1C(C)OC2(C)C. The normalized spacial score (nSPS) is 43.3. The second-order valence-corrected chi connectivity index (χ2v) is 5.11. The van der Waals surface area contributed by atoms with Crippen LogP contribution in [0.15, 0.2) is 12.2 Å². The molecule has 2 rings (SSSR count). The molecule has 13 heavy (non-hydrogen) atoms. The summed E-state index contributed by atoms with van der Waals surface area (Å²) in [6.45, 7) is 10.8. The summed E-state index contributed by atoms with van der Waals surface area (Å²) in [6, 6.07) is 0. The first-order chi connectivity index (χ1) is 6.02. The topological polar surface area (TPSA) is 9.23 Å². The lowest BCUT2D eigenvalue weighted by Gasteiger charge is -2.33. The number of rotatable bonds is 0. The van der Waals surface area contributed by atoms with Crippen molar-refractivity contribution < 1.29 is 4.74 Å². The van der Waals surface area contributed by atoms with Crippen LogP contribution in [0.4, 0.5) is 0 Å². The van der Waals surface area contributed by atoms with E-state index in [0.29, 0.717) is 17.9 Å². The highest BCUT2D eigenvalue weighted by atomic mass is 16.5. The van der Waals surface area contributed by atoms with Gasteiger partial charge in [0.05, 0.1) is 11.7 Å². The zero-order chi connectivity index (χ0) is 9.64. The lowest BCUT2D eigenvalue weighted by Crippen LogP contribution is -2.32. The van der Waals surface area contributed by atoms with Crippen LogP contribution in [0.3, 0.4) is 0 Å². The van der Waals surface area contributed by atoms with Gasteiger partial charge in [0.25, 0.3) is 0 Å². The molecule has 1 heteroatoms. The van der Waals surface area contributed by atoms with Crippen molar-refractivity contribution in [2.24, 2.45) is 11.8 Å². The van der Waals surface area contributed by atoms with Crippen molar-refractivity contribution in [1.82, 2.24) is 0 Å². The predicted molar refractivity (Wildman–Crippen MR) is 54.6 cm³/mol. The molecule has 0 spiro atoms. The van der Waals surface area contributed by atoms with Gasteiger partial charge in [-0.2, -0.15) is 0 Å². The molecule has 0 aromatic carbocycles. The maximum atomic E-state index is 6.01. The molecule has 0 aromatic heterocycles. The highest BCUT2D eigenvalue weighted by Gasteiger charge is 2.49. The van der Waals surface area contributed by atoms with Crippen LogP contribution in [0.25, 0.3) is 0 Å². The Morgan fingerprint density at radius 3 is 2.77 bits per heavy atom. The van der Waals surface area contributed by atoms with Crippen LogP contribution in [0.5, 0.6) is 0 Å². The van der Waals surface area contributed by atoms with E-state index in [2.05, 4.69) is 27.4 Å². The average Bonchev–Trinajstić information content (AvgIpc) is 2.24. The molecule has 2 fully saturated rings. The Morgan fingerprint density at radius 2 is 2.15 bits per heavy atom. The Bertz CT molecular complexity index is 229. The molecule has 0 N–H and O–H groups in total. The van der Waals surface area contributed by atoms with Crippen LogP contribution >= 0.6 is 0 Å². The average molecular weight is 180 g/mol. The molecule has 74 valence electrons. The van der Waals surface area contributed by atoms with Crippen LogP contribution in [0.2, 0.25) is 0 Å². The molecule has 1 aliphatic heterocycles. The third-order valence-electron chi connectivity index (χ3n) is 3.81. The van der Waals surface area contributed by atoms with E-state index in [1.807, 2.05) is 0 Å². The summed E-state index contributed by atoms with van der Waals surface area (Å²) >= 11 is 0. The molecule has 3 unspecified atom stereocenters. The largest absolute Gasteiger partial charge is 0.372 e. The minimum absolute atomic E-state index is 0.0768. The standard InChI is InChI=1S/C12H20O/c1-8-6-5-7-10-11(8)9(2)13-12(10,3)4/h9-11H,1,5-7H2,2-4H3.